The number of carbonyl (C=O) groups is 6. The SMILES string of the molecule is NCCCC[C@H](NC(=O)[C@@H]1C[C@@H](OC(=O)N2CCN(C(=O)c3ccco3)CC2)CN1C(=O)[C@@H](CCc1ccccc1)NC(=O)OCc1ccccc1)C(=O)c1nc2ccccc2o1. The van der Waals surface area contributed by atoms with E-state index in [9.17, 15) is 28.8 Å². The summed E-state index contributed by atoms with van der Waals surface area (Å²) in [6.45, 7) is 1.000. The van der Waals surface area contributed by atoms with Crippen LogP contribution in [0.4, 0.5) is 9.59 Å². The summed E-state index contributed by atoms with van der Waals surface area (Å²) in [5, 5.41) is 5.58. The van der Waals surface area contributed by atoms with Gasteiger partial charge in [0, 0.05) is 32.6 Å². The number of benzene rings is 3. The first kappa shape index (κ1) is 44.1. The lowest BCUT2D eigenvalue weighted by Gasteiger charge is -2.34. The molecular formula is C46H51N7O10. The van der Waals surface area contributed by atoms with Gasteiger partial charge in [0.25, 0.3) is 11.8 Å². The minimum atomic E-state index is -1.21. The van der Waals surface area contributed by atoms with Crippen LogP contribution in [-0.2, 0) is 32.1 Å². The van der Waals surface area contributed by atoms with E-state index in [2.05, 4.69) is 15.6 Å². The van der Waals surface area contributed by atoms with Gasteiger partial charge in [-0.05, 0) is 74.0 Å². The van der Waals surface area contributed by atoms with Crippen LogP contribution in [0.3, 0.4) is 0 Å². The molecule has 2 aliphatic rings. The highest BCUT2D eigenvalue weighted by Gasteiger charge is 2.45. The molecule has 2 aliphatic heterocycles. The van der Waals surface area contributed by atoms with Gasteiger partial charge in [0.2, 0.25) is 17.6 Å². The van der Waals surface area contributed by atoms with E-state index in [1.165, 1.54) is 16.1 Å². The molecule has 5 amide bonds. The summed E-state index contributed by atoms with van der Waals surface area (Å²) < 4.78 is 22.5. The molecule has 330 valence electrons. The lowest BCUT2D eigenvalue weighted by atomic mass is 10.0. The molecule has 0 unspecified atom stereocenters. The van der Waals surface area contributed by atoms with E-state index in [0.29, 0.717) is 36.9 Å². The van der Waals surface area contributed by atoms with Gasteiger partial charge in [0.1, 0.15) is 30.3 Å². The Kier molecular flexibility index (Phi) is 14.8. The molecule has 17 heteroatoms. The summed E-state index contributed by atoms with van der Waals surface area (Å²) in [6, 6.07) is 25.2. The third-order valence-corrected chi connectivity index (χ3v) is 11.1. The van der Waals surface area contributed by atoms with Crippen LogP contribution in [0, 0.1) is 0 Å². The van der Waals surface area contributed by atoms with Gasteiger partial charge >= 0.3 is 12.2 Å². The maximum atomic E-state index is 14.7. The molecule has 2 aromatic heterocycles. The molecule has 4 N–H and O–H groups in total. The normalized spacial score (nSPS) is 17.2. The number of aromatic nitrogens is 1. The fourth-order valence-electron chi connectivity index (χ4n) is 7.72. The molecule has 0 aliphatic carbocycles. The Morgan fingerprint density at radius 1 is 0.778 bits per heavy atom. The van der Waals surface area contributed by atoms with Crippen LogP contribution in [0.15, 0.2) is 112 Å². The Labute approximate surface area is 363 Å². The average molecular weight is 862 g/mol. The number of unbranched alkanes of at least 4 members (excludes halogenated alkanes) is 1. The number of aryl methyl sites for hydroxylation is 1. The van der Waals surface area contributed by atoms with Crippen molar-refractivity contribution in [2.75, 3.05) is 39.3 Å². The molecule has 2 saturated heterocycles. The number of fused-ring (bicyclic) bond motifs is 1. The van der Waals surface area contributed by atoms with Gasteiger partial charge in [-0.15, -0.1) is 0 Å². The molecule has 0 saturated carbocycles. The molecule has 0 spiro atoms. The number of nitrogens with zero attached hydrogens (tertiary/aromatic N) is 4. The number of nitrogens with one attached hydrogen (secondary N) is 2. The summed E-state index contributed by atoms with van der Waals surface area (Å²) in [5.41, 5.74) is 8.33. The van der Waals surface area contributed by atoms with E-state index in [0.717, 1.165) is 11.1 Å². The lowest BCUT2D eigenvalue weighted by molar-refractivity contribution is -0.140. The zero-order valence-electron chi connectivity index (χ0n) is 34.8. The first-order valence-electron chi connectivity index (χ1n) is 21.2. The fourth-order valence-corrected chi connectivity index (χ4v) is 7.72. The number of carbonyl (C=O) groups excluding carboxylic acids is 6. The van der Waals surface area contributed by atoms with E-state index in [1.54, 1.807) is 53.4 Å². The molecule has 0 bridgehead atoms. The van der Waals surface area contributed by atoms with Crippen LogP contribution >= 0.6 is 0 Å². The summed E-state index contributed by atoms with van der Waals surface area (Å²) in [7, 11) is 0. The van der Waals surface area contributed by atoms with Gasteiger partial charge in [0.15, 0.2) is 11.3 Å². The smallest absolute Gasteiger partial charge is 0.410 e. The number of piperazine rings is 1. The molecule has 5 aromatic rings. The number of alkyl carbamates (subject to hydrolysis) is 1. The zero-order valence-corrected chi connectivity index (χ0v) is 34.8. The van der Waals surface area contributed by atoms with Crippen LogP contribution in [0.25, 0.3) is 11.1 Å². The highest BCUT2D eigenvalue weighted by molar-refractivity contribution is 6.01. The first-order valence-corrected chi connectivity index (χ1v) is 21.2. The maximum Gasteiger partial charge on any atom is 0.410 e. The van der Waals surface area contributed by atoms with Crippen LogP contribution in [0.2, 0.25) is 0 Å². The number of hydrogen-bond acceptors (Lipinski definition) is 12. The van der Waals surface area contributed by atoms with Crippen LogP contribution in [0.5, 0.6) is 0 Å². The molecule has 63 heavy (non-hydrogen) atoms. The molecule has 0 radical (unpaired) electrons. The van der Waals surface area contributed by atoms with E-state index in [1.807, 2.05) is 48.5 Å². The second-order valence-corrected chi connectivity index (χ2v) is 15.5. The Hall–Kier alpha value is -7.01. The fraction of sp³-hybridized carbons (Fsp3) is 0.370. The molecule has 4 heterocycles. The number of furan rings is 1. The van der Waals surface area contributed by atoms with Gasteiger partial charge in [-0.25, -0.2) is 14.6 Å². The number of amides is 5. The highest BCUT2D eigenvalue weighted by Crippen LogP contribution is 2.26. The standard InChI is InChI=1S/C46H51N7O10/c47-22-10-9-17-35(40(54)42-49-34-16-7-8-18-38(34)63-42)48-41(55)37-28-33(62-46(59)52-25-23-51(24-26-52)44(57)39-19-11-27-60-39)29-53(37)43(56)36(21-20-31-12-3-1-4-13-31)50-45(58)61-30-32-14-5-2-6-15-32/h1-8,11-16,18-19,27,33,35-37H,9-10,17,20-26,28-30,47H2,(H,48,55)(H,50,58)/t33-,35+,36-,37+/m1/s1. The van der Waals surface area contributed by atoms with Crippen molar-refractivity contribution in [2.45, 2.75) is 69.4 Å². The Bertz CT molecular complexity index is 2300. The number of rotatable bonds is 17. The van der Waals surface area contributed by atoms with Crippen molar-refractivity contribution in [1.29, 1.82) is 0 Å². The predicted molar refractivity (Wildman–Crippen MR) is 228 cm³/mol. The number of ketones is 1. The number of hydrogen-bond donors (Lipinski definition) is 3. The maximum absolute atomic E-state index is 14.7. The average Bonchev–Trinajstić information content (AvgIpc) is 4.11. The quantitative estimate of drug-likeness (QED) is 0.0856. The van der Waals surface area contributed by atoms with E-state index in [-0.39, 0.29) is 76.2 Å². The third kappa shape index (κ3) is 11.5. The van der Waals surface area contributed by atoms with E-state index < -0.39 is 54.0 Å². The van der Waals surface area contributed by atoms with E-state index >= 15 is 0 Å². The van der Waals surface area contributed by atoms with Crippen molar-refractivity contribution in [2.24, 2.45) is 5.73 Å². The number of nitrogens with two attached hydrogens (primary N) is 1. The summed E-state index contributed by atoms with van der Waals surface area (Å²) in [4.78, 5) is 91.6. The molecule has 17 nitrogen and oxygen atoms in total. The van der Waals surface area contributed by atoms with Gasteiger partial charge in [-0.1, -0.05) is 72.8 Å². The summed E-state index contributed by atoms with van der Waals surface area (Å²) in [6.07, 6.45) is 0.712. The van der Waals surface area contributed by atoms with Crippen molar-refractivity contribution in [1.82, 2.24) is 30.3 Å². The first-order chi connectivity index (χ1) is 30.7. The van der Waals surface area contributed by atoms with Crippen molar-refractivity contribution < 1.29 is 47.1 Å². The van der Waals surface area contributed by atoms with Gasteiger partial charge in [0.05, 0.1) is 18.8 Å². The number of para-hydroxylation sites is 2. The van der Waals surface area contributed by atoms with Gasteiger partial charge in [-0.3, -0.25) is 19.2 Å². The zero-order chi connectivity index (χ0) is 44.1. The molecule has 7 rings (SSSR count). The van der Waals surface area contributed by atoms with Crippen LogP contribution in [0.1, 0.15) is 64.5 Å². The Morgan fingerprint density at radius 3 is 2.17 bits per heavy atom. The van der Waals surface area contributed by atoms with Gasteiger partial charge < -0.3 is 49.4 Å². The highest BCUT2D eigenvalue weighted by atomic mass is 16.6. The minimum absolute atomic E-state index is 0.0377. The number of ether oxygens (including phenoxy) is 2. The van der Waals surface area contributed by atoms with Crippen LogP contribution in [-0.4, -0.2) is 119 Å². The number of Topliss-reactive ketones (excluding diaryl/α,β-unsaturated/α-hetero) is 1. The Morgan fingerprint density at radius 2 is 1.48 bits per heavy atom. The lowest BCUT2D eigenvalue weighted by Crippen LogP contribution is -2.55. The Balaban J connectivity index is 1.10. The van der Waals surface area contributed by atoms with Crippen molar-refractivity contribution >= 4 is 46.8 Å². The molecular weight excluding hydrogens is 811 g/mol. The molecule has 3 aromatic carbocycles. The van der Waals surface area contributed by atoms with Crippen molar-refractivity contribution in [3.8, 4) is 0 Å². The second kappa shape index (κ2) is 21.2. The predicted octanol–water partition coefficient (Wildman–Crippen LogP) is 4.71. The number of likely N-dealkylation sites (tertiary alicyclic amines) is 1. The van der Waals surface area contributed by atoms with E-state index in [4.69, 9.17) is 24.0 Å². The monoisotopic (exact) mass is 861 g/mol. The molecule has 2 fully saturated rings. The largest absolute Gasteiger partial charge is 0.459 e. The van der Waals surface area contributed by atoms with Gasteiger partial charge in [-0.2, -0.15) is 0 Å². The third-order valence-electron chi connectivity index (χ3n) is 11.1. The van der Waals surface area contributed by atoms with Crippen molar-refractivity contribution in [3.05, 3.63) is 126 Å². The molecule has 4 atom stereocenters. The summed E-state index contributed by atoms with van der Waals surface area (Å²) >= 11 is 0. The minimum Gasteiger partial charge on any atom is -0.459 e. The van der Waals surface area contributed by atoms with Crippen LogP contribution < -0.4 is 16.4 Å². The second-order valence-electron chi connectivity index (χ2n) is 15.5. The van der Waals surface area contributed by atoms with Crippen molar-refractivity contribution in [3.63, 3.8) is 0 Å². The summed E-state index contributed by atoms with van der Waals surface area (Å²) in [5.74, 6) is -2.08. The topological polar surface area (TPSA) is 220 Å². The number of oxazole rings is 1.